The van der Waals surface area contributed by atoms with Gasteiger partial charge in [0.2, 0.25) is 5.82 Å². The molecule has 2 heterocycles. The molecule has 0 bridgehead atoms. The van der Waals surface area contributed by atoms with Crippen molar-refractivity contribution in [2.45, 2.75) is 33.6 Å². The molecule has 6 heteroatoms. The van der Waals surface area contributed by atoms with Crippen molar-refractivity contribution in [2.75, 3.05) is 6.61 Å². The maximum Gasteiger partial charge on any atom is 0.204 e. The lowest BCUT2D eigenvalue weighted by Crippen LogP contribution is -2.02. The van der Waals surface area contributed by atoms with Gasteiger partial charge in [0.05, 0.1) is 13.7 Å². The summed E-state index contributed by atoms with van der Waals surface area (Å²) in [7, 11) is 1.76. The third kappa shape index (κ3) is 3.64. The fourth-order valence-corrected chi connectivity index (χ4v) is 2.75. The lowest BCUT2D eigenvalue weighted by molar-refractivity contribution is 0.302. The largest absolute Gasteiger partial charge is 0.493 e. The van der Waals surface area contributed by atoms with Crippen molar-refractivity contribution in [1.29, 1.82) is 0 Å². The maximum absolute atomic E-state index is 5.99. The van der Waals surface area contributed by atoms with Gasteiger partial charge in [0.15, 0.2) is 0 Å². The predicted molar refractivity (Wildman–Crippen MR) is 91.0 cm³/mol. The second-order valence-electron chi connectivity index (χ2n) is 6.01. The Hall–Kier alpha value is -2.63. The van der Waals surface area contributed by atoms with Crippen molar-refractivity contribution < 1.29 is 9.15 Å². The number of hydrogen-bond donors (Lipinski definition) is 0. The van der Waals surface area contributed by atoms with Crippen molar-refractivity contribution in [3.63, 3.8) is 0 Å². The average molecular weight is 326 g/mol. The molecule has 24 heavy (non-hydrogen) atoms. The number of tetrazole rings is 1. The van der Waals surface area contributed by atoms with E-state index in [9.17, 15) is 0 Å². The van der Waals surface area contributed by atoms with E-state index in [0.29, 0.717) is 12.4 Å². The molecule has 0 saturated carbocycles. The van der Waals surface area contributed by atoms with Gasteiger partial charge in [-0.25, -0.2) is 0 Å². The molecule has 0 spiro atoms. The van der Waals surface area contributed by atoms with Crippen LogP contribution in [0.4, 0.5) is 0 Å². The third-order valence-corrected chi connectivity index (χ3v) is 3.84. The zero-order valence-electron chi connectivity index (χ0n) is 14.5. The first-order chi connectivity index (χ1) is 11.5. The van der Waals surface area contributed by atoms with Crippen LogP contribution in [-0.4, -0.2) is 26.8 Å². The average Bonchev–Trinajstić information content (AvgIpc) is 3.14. The predicted octanol–water partition coefficient (Wildman–Crippen LogP) is 3.41. The first kappa shape index (κ1) is 16.2. The molecule has 0 fully saturated rings. The smallest absolute Gasteiger partial charge is 0.204 e. The number of aryl methyl sites for hydroxylation is 5. The first-order valence-corrected chi connectivity index (χ1v) is 8.06. The van der Waals surface area contributed by atoms with Crippen LogP contribution in [-0.2, 0) is 13.5 Å². The summed E-state index contributed by atoms with van der Waals surface area (Å²) >= 11 is 0. The van der Waals surface area contributed by atoms with E-state index in [1.54, 1.807) is 7.05 Å². The second kappa shape index (κ2) is 6.86. The number of benzene rings is 1. The van der Waals surface area contributed by atoms with Gasteiger partial charge >= 0.3 is 0 Å². The Balaban J connectivity index is 1.63. The molecule has 3 rings (SSSR count). The van der Waals surface area contributed by atoms with Gasteiger partial charge in [0, 0.05) is 12.0 Å². The van der Waals surface area contributed by atoms with Gasteiger partial charge in [-0.2, -0.15) is 4.80 Å². The molecule has 0 aliphatic rings. The number of rotatable bonds is 6. The minimum absolute atomic E-state index is 0.628. The van der Waals surface area contributed by atoms with Crippen LogP contribution in [0.25, 0.3) is 11.4 Å². The van der Waals surface area contributed by atoms with Crippen LogP contribution in [0.5, 0.6) is 5.75 Å². The van der Waals surface area contributed by atoms with Crippen LogP contribution in [0.1, 0.15) is 29.1 Å². The van der Waals surface area contributed by atoms with Crippen molar-refractivity contribution in [3.05, 3.63) is 46.9 Å². The highest BCUT2D eigenvalue weighted by atomic mass is 16.5. The number of nitrogens with zero attached hydrogens (tertiary/aromatic N) is 4. The summed E-state index contributed by atoms with van der Waals surface area (Å²) < 4.78 is 11.6. The van der Waals surface area contributed by atoms with Crippen LogP contribution in [0, 0.1) is 20.8 Å². The summed E-state index contributed by atoms with van der Waals surface area (Å²) in [6, 6.07) is 8.09. The normalized spacial score (nSPS) is 11.0. The summed E-state index contributed by atoms with van der Waals surface area (Å²) in [5.74, 6) is 3.51. The Morgan fingerprint density at radius 2 is 1.88 bits per heavy atom. The molecule has 0 N–H and O–H groups in total. The van der Waals surface area contributed by atoms with E-state index in [2.05, 4.69) is 15.4 Å². The zero-order valence-corrected chi connectivity index (χ0v) is 14.5. The molecule has 0 atom stereocenters. The van der Waals surface area contributed by atoms with E-state index in [4.69, 9.17) is 9.15 Å². The lowest BCUT2D eigenvalue weighted by Gasteiger charge is -2.13. The summed E-state index contributed by atoms with van der Waals surface area (Å²) in [5, 5.41) is 12.2. The summed E-state index contributed by atoms with van der Waals surface area (Å²) in [6.07, 6.45) is 1.80. The minimum Gasteiger partial charge on any atom is -0.493 e. The summed E-state index contributed by atoms with van der Waals surface area (Å²) in [6.45, 7) is 6.70. The molecule has 2 aromatic heterocycles. The van der Waals surface area contributed by atoms with Crippen LogP contribution in [0.15, 0.2) is 28.7 Å². The molecule has 126 valence electrons. The Morgan fingerprint density at radius 3 is 2.46 bits per heavy atom. The molecular weight excluding hydrogens is 304 g/mol. The monoisotopic (exact) mass is 326 g/mol. The van der Waals surface area contributed by atoms with Crippen molar-refractivity contribution >= 4 is 0 Å². The van der Waals surface area contributed by atoms with E-state index >= 15 is 0 Å². The number of ether oxygens (including phenoxy) is 1. The molecule has 0 aliphatic carbocycles. The zero-order chi connectivity index (χ0) is 17.1. The summed E-state index contributed by atoms with van der Waals surface area (Å²) in [4.78, 5) is 1.46. The van der Waals surface area contributed by atoms with E-state index in [1.165, 1.54) is 4.80 Å². The molecule has 6 nitrogen and oxygen atoms in total. The van der Waals surface area contributed by atoms with E-state index in [-0.39, 0.29) is 0 Å². The van der Waals surface area contributed by atoms with Gasteiger partial charge in [-0.15, -0.1) is 10.2 Å². The van der Waals surface area contributed by atoms with Crippen LogP contribution in [0.3, 0.4) is 0 Å². The second-order valence-corrected chi connectivity index (χ2v) is 6.01. The van der Waals surface area contributed by atoms with Gasteiger partial charge in [-0.05, 0) is 67.8 Å². The van der Waals surface area contributed by atoms with Crippen molar-refractivity contribution in [3.8, 4) is 17.1 Å². The lowest BCUT2D eigenvalue weighted by atomic mass is 10.1. The highest BCUT2D eigenvalue weighted by Gasteiger charge is 2.11. The SMILES string of the molecule is Cc1ccc(CCCOc2c(C)cc(-c3nnn(C)n3)cc2C)o1. The maximum atomic E-state index is 5.99. The minimum atomic E-state index is 0.628. The highest BCUT2D eigenvalue weighted by Crippen LogP contribution is 2.28. The fourth-order valence-electron chi connectivity index (χ4n) is 2.75. The van der Waals surface area contributed by atoms with Crippen LogP contribution >= 0.6 is 0 Å². The number of hydrogen-bond acceptors (Lipinski definition) is 5. The Labute approximate surface area is 141 Å². The van der Waals surface area contributed by atoms with Gasteiger partial charge in [-0.3, -0.25) is 0 Å². The third-order valence-electron chi connectivity index (χ3n) is 3.84. The van der Waals surface area contributed by atoms with E-state index in [0.717, 1.165) is 46.8 Å². The number of aromatic nitrogens is 4. The molecular formula is C18H22N4O2. The van der Waals surface area contributed by atoms with Gasteiger partial charge in [0.1, 0.15) is 17.3 Å². The van der Waals surface area contributed by atoms with Gasteiger partial charge < -0.3 is 9.15 Å². The van der Waals surface area contributed by atoms with E-state index < -0.39 is 0 Å². The van der Waals surface area contributed by atoms with Crippen LogP contribution in [0.2, 0.25) is 0 Å². The number of furan rings is 1. The molecule has 0 saturated heterocycles. The molecule has 1 aromatic carbocycles. The summed E-state index contributed by atoms with van der Waals surface area (Å²) in [5.41, 5.74) is 3.11. The Bertz CT molecular complexity index is 812. The van der Waals surface area contributed by atoms with Gasteiger partial charge in [0.25, 0.3) is 0 Å². The topological polar surface area (TPSA) is 66.0 Å². The molecule has 3 aromatic rings. The fraction of sp³-hybridized carbons (Fsp3) is 0.389. The van der Waals surface area contributed by atoms with Crippen molar-refractivity contribution in [2.24, 2.45) is 7.05 Å². The van der Waals surface area contributed by atoms with Crippen LogP contribution < -0.4 is 4.74 Å². The molecule has 0 amide bonds. The Kier molecular flexibility index (Phi) is 4.64. The molecule has 0 radical (unpaired) electrons. The highest BCUT2D eigenvalue weighted by molar-refractivity contribution is 5.60. The quantitative estimate of drug-likeness (QED) is 0.649. The van der Waals surface area contributed by atoms with Crippen molar-refractivity contribution in [1.82, 2.24) is 20.2 Å². The van der Waals surface area contributed by atoms with E-state index in [1.807, 2.05) is 45.0 Å². The van der Waals surface area contributed by atoms with Gasteiger partial charge in [-0.1, -0.05) is 0 Å². The molecule has 0 unspecified atom stereocenters. The standard InChI is InChI=1S/C18H22N4O2/c1-12-10-15(18-19-21-22(4)20-18)11-13(2)17(12)23-9-5-6-16-8-7-14(3)24-16/h7-8,10-11H,5-6,9H2,1-4H3. The Morgan fingerprint density at radius 1 is 1.12 bits per heavy atom. The first-order valence-electron chi connectivity index (χ1n) is 8.06. The molecule has 0 aliphatic heterocycles.